The van der Waals surface area contributed by atoms with E-state index in [1.807, 2.05) is 24.3 Å². The monoisotopic (exact) mass is 367 g/mol. The Kier molecular flexibility index (Phi) is 5.94. The van der Waals surface area contributed by atoms with Gasteiger partial charge in [0.05, 0.1) is 11.1 Å². The summed E-state index contributed by atoms with van der Waals surface area (Å²) in [6.07, 6.45) is 0.560. The number of nitrogens with zero attached hydrogens (tertiary/aromatic N) is 2. The summed E-state index contributed by atoms with van der Waals surface area (Å²) in [4.78, 5) is 4.15. The van der Waals surface area contributed by atoms with Crippen LogP contribution in [0.25, 0.3) is 11.1 Å². The van der Waals surface area contributed by atoms with E-state index in [0.717, 1.165) is 16.7 Å². The van der Waals surface area contributed by atoms with Crippen LogP contribution in [0.3, 0.4) is 0 Å². The zero-order valence-electron chi connectivity index (χ0n) is 12.9. The fourth-order valence-corrected chi connectivity index (χ4v) is 2.54. The number of halogens is 3. The van der Waals surface area contributed by atoms with Crippen molar-refractivity contribution in [2.75, 3.05) is 0 Å². The van der Waals surface area contributed by atoms with E-state index >= 15 is 0 Å². The SMILES string of the molecule is Cc1noc([C@H](N)Cc2cccc(-c3ccc(F)c(Cl)c3)c2)n1.Cl. The Labute approximate surface area is 150 Å². The number of hydrogen-bond acceptors (Lipinski definition) is 4. The smallest absolute Gasteiger partial charge is 0.243 e. The minimum absolute atomic E-state index is 0. The molecule has 3 aromatic rings. The highest BCUT2D eigenvalue weighted by molar-refractivity contribution is 6.31. The summed E-state index contributed by atoms with van der Waals surface area (Å²) in [5.41, 5.74) is 8.92. The normalized spacial score (nSPS) is 11.8. The zero-order valence-corrected chi connectivity index (χ0v) is 14.4. The van der Waals surface area contributed by atoms with Crippen LogP contribution in [0.1, 0.15) is 23.3 Å². The summed E-state index contributed by atoms with van der Waals surface area (Å²) in [5, 5.41) is 3.85. The van der Waals surface area contributed by atoms with E-state index in [9.17, 15) is 4.39 Å². The molecule has 126 valence electrons. The minimum atomic E-state index is -0.430. The van der Waals surface area contributed by atoms with E-state index in [-0.39, 0.29) is 23.5 Å². The van der Waals surface area contributed by atoms with Gasteiger partial charge in [0.15, 0.2) is 5.82 Å². The Morgan fingerprint density at radius 1 is 1.21 bits per heavy atom. The molecule has 0 bridgehead atoms. The fourth-order valence-electron chi connectivity index (χ4n) is 2.36. The molecule has 0 aliphatic rings. The number of aryl methyl sites for hydroxylation is 1. The topological polar surface area (TPSA) is 64.9 Å². The van der Waals surface area contributed by atoms with Gasteiger partial charge in [-0.05, 0) is 42.2 Å². The molecule has 7 heteroatoms. The molecule has 2 N–H and O–H groups in total. The van der Waals surface area contributed by atoms with E-state index in [0.29, 0.717) is 18.1 Å². The molecule has 0 aliphatic heterocycles. The van der Waals surface area contributed by atoms with Crippen molar-refractivity contribution in [3.05, 3.63) is 70.6 Å². The van der Waals surface area contributed by atoms with Gasteiger partial charge in [0, 0.05) is 0 Å². The summed E-state index contributed by atoms with van der Waals surface area (Å²) in [5.74, 6) is 0.545. The molecule has 2 aromatic carbocycles. The largest absolute Gasteiger partial charge is 0.338 e. The lowest BCUT2D eigenvalue weighted by Gasteiger charge is -2.09. The van der Waals surface area contributed by atoms with Gasteiger partial charge in [-0.25, -0.2) is 4.39 Å². The molecule has 24 heavy (non-hydrogen) atoms. The lowest BCUT2D eigenvalue weighted by Crippen LogP contribution is -2.13. The van der Waals surface area contributed by atoms with Crippen LogP contribution >= 0.6 is 24.0 Å². The quantitative estimate of drug-likeness (QED) is 0.736. The van der Waals surface area contributed by atoms with Crippen LogP contribution < -0.4 is 5.73 Å². The van der Waals surface area contributed by atoms with Gasteiger partial charge in [-0.1, -0.05) is 47.1 Å². The third-order valence-electron chi connectivity index (χ3n) is 3.50. The molecule has 0 spiro atoms. The first-order valence-electron chi connectivity index (χ1n) is 7.13. The van der Waals surface area contributed by atoms with Crippen molar-refractivity contribution < 1.29 is 8.91 Å². The molecule has 4 nitrogen and oxygen atoms in total. The van der Waals surface area contributed by atoms with Crippen LogP contribution in [0.4, 0.5) is 4.39 Å². The maximum absolute atomic E-state index is 13.3. The molecule has 3 rings (SSSR count). The van der Waals surface area contributed by atoms with Gasteiger partial charge in [-0.15, -0.1) is 12.4 Å². The van der Waals surface area contributed by atoms with E-state index in [4.69, 9.17) is 21.9 Å². The van der Waals surface area contributed by atoms with Crippen molar-refractivity contribution in [2.45, 2.75) is 19.4 Å². The molecule has 0 amide bonds. The van der Waals surface area contributed by atoms with Crippen molar-refractivity contribution in [1.82, 2.24) is 10.1 Å². The number of aromatic nitrogens is 2. The molecule has 0 radical (unpaired) electrons. The van der Waals surface area contributed by atoms with Gasteiger partial charge >= 0.3 is 0 Å². The Balaban J connectivity index is 0.00000208. The predicted molar refractivity (Wildman–Crippen MR) is 93.8 cm³/mol. The summed E-state index contributed by atoms with van der Waals surface area (Å²) >= 11 is 5.85. The molecule has 1 heterocycles. The lowest BCUT2D eigenvalue weighted by molar-refractivity contribution is 0.351. The molecule has 0 fully saturated rings. The third kappa shape index (κ3) is 4.12. The van der Waals surface area contributed by atoms with Crippen molar-refractivity contribution in [3.63, 3.8) is 0 Å². The second-order valence-corrected chi connectivity index (χ2v) is 5.73. The van der Waals surface area contributed by atoms with Crippen LogP contribution in [-0.2, 0) is 6.42 Å². The molecule has 0 saturated heterocycles. The van der Waals surface area contributed by atoms with Gasteiger partial charge in [0.25, 0.3) is 0 Å². The third-order valence-corrected chi connectivity index (χ3v) is 3.79. The highest BCUT2D eigenvalue weighted by atomic mass is 35.5. The molecule has 1 atom stereocenters. The first kappa shape index (κ1) is 18.4. The average molecular weight is 368 g/mol. The average Bonchev–Trinajstić information content (AvgIpc) is 2.97. The number of hydrogen-bond donors (Lipinski definition) is 1. The van der Waals surface area contributed by atoms with E-state index in [2.05, 4.69) is 10.1 Å². The van der Waals surface area contributed by atoms with Crippen LogP contribution in [0.5, 0.6) is 0 Å². The van der Waals surface area contributed by atoms with Gasteiger partial charge in [0.2, 0.25) is 5.89 Å². The van der Waals surface area contributed by atoms with Crippen LogP contribution in [-0.4, -0.2) is 10.1 Å². The maximum Gasteiger partial charge on any atom is 0.243 e. The molecular weight excluding hydrogens is 352 g/mol. The molecule has 0 unspecified atom stereocenters. The zero-order chi connectivity index (χ0) is 16.4. The maximum atomic E-state index is 13.3. The van der Waals surface area contributed by atoms with Gasteiger partial charge in [-0.3, -0.25) is 0 Å². The summed E-state index contributed by atoms with van der Waals surface area (Å²) in [7, 11) is 0. The number of benzene rings is 2. The molecule has 1 aromatic heterocycles. The Bertz CT molecular complexity index is 838. The van der Waals surface area contributed by atoms with Gasteiger partial charge in [0.1, 0.15) is 5.82 Å². The Morgan fingerprint density at radius 3 is 2.62 bits per heavy atom. The van der Waals surface area contributed by atoms with Crippen molar-refractivity contribution >= 4 is 24.0 Å². The second kappa shape index (κ2) is 7.75. The molecule has 0 aliphatic carbocycles. The number of nitrogens with two attached hydrogens (primary N) is 1. The Morgan fingerprint density at radius 2 is 1.96 bits per heavy atom. The van der Waals surface area contributed by atoms with Gasteiger partial charge < -0.3 is 10.3 Å². The summed E-state index contributed by atoms with van der Waals surface area (Å²) in [6.45, 7) is 1.75. The summed E-state index contributed by atoms with van der Waals surface area (Å²) in [6, 6.07) is 12.1. The highest BCUT2D eigenvalue weighted by Gasteiger charge is 2.14. The first-order chi connectivity index (χ1) is 11.0. The van der Waals surface area contributed by atoms with E-state index < -0.39 is 5.82 Å². The Hall–Kier alpha value is -1.95. The minimum Gasteiger partial charge on any atom is -0.338 e. The second-order valence-electron chi connectivity index (χ2n) is 5.32. The van der Waals surface area contributed by atoms with Crippen molar-refractivity contribution in [2.24, 2.45) is 5.73 Å². The molecular formula is C17H16Cl2FN3O. The van der Waals surface area contributed by atoms with Crippen LogP contribution in [0.2, 0.25) is 5.02 Å². The van der Waals surface area contributed by atoms with Crippen molar-refractivity contribution in [3.8, 4) is 11.1 Å². The first-order valence-corrected chi connectivity index (χ1v) is 7.51. The predicted octanol–water partition coefficient (Wildman–Crippen LogP) is 4.50. The van der Waals surface area contributed by atoms with E-state index in [1.165, 1.54) is 6.07 Å². The van der Waals surface area contributed by atoms with Crippen LogP contribution in [0, 0.1) is 12.7 Å². The van der Waals surface area contributed by atoms with Crippen LogP contribution in [0.15, 0.2) is 47.0 Å². The molecule has 0 saturated carbocycles. The lowest BCUT2D eigenvalue weighted by atomic mass is 9.99. The van der Waals surface area contributed by atoms with E-state index in [1.54, 1.807) is 19.1 Å². The standard InChI is InChI=1S/C17H15ClFN3O.ClH/c1-10-21-17(23-22-10)16(20)8-11-3-2-4-12(7-11)13-5-6-15(19)14(18)9-13;/h2-7,9,16H,8,20H2,1H3;1H/t16-;/m1./s1. The fraction of sp³-hybridized carbons (Fsp3) is 0.176. The van der Waals surface area contributed by atoms with Crippen molar-refractivity contribution in [1.29, 1.82) is 0 Å². The number of rotatable bonds is 4. The van der Waals surface area contributed by atoms with Gasteiger partial charge in [-0.2, -0.15) is 4.98 Å². The highest BCUT2D eigenvalue weighted by Crippen LogP contribution is 2.26. The summed E-state index contributed by atoms with van der Waals surface area (Å²) < 4.78 is 18.4.